The molecule has 1 heterocycles. The number of nitrogens with one attached hydrogen (secondary N) is 1. The first kappa shape index (κ1) is 6.58. The molecular weight excluding hydrogens is 140 g/mol. The van der Waals surface area contributed by atoms with Crippen LogP contribution in [-0.2, 0) is 12.8 Å². The molecule has 2 rings (SSSR count). The fourth-order valence-electron chi connectivity index (χ4n) is 1.51. The standard InChI is InChI=1S/C8H10N2O/c11-8-9-5-6-3-1-2-4-7(6)10-8/h5H,1-4H2,(H,9,10,11). The lowest BCUT2D eigenvalue weighted by Crippen LogP contribution is -2.16. The van der Waals surface area contributed by atoms with E-state index in [9.17, 15) is 4.79 Å². The van der Waals surface area contributed by atoms with Crippen molar-refractivity contribution in [3.63, 3.8) is 0 Å². The number of hydrogen-bond donors (Lipinski definition) is 1. The molecule has 0 saturated carbocycles. The van der Waals surface area contributed by atoms with Crippen LogP contribution in [-0.4, -0.2) is 9.97 Å². The van der Waals surface area contributed by atoms with E-state index in [1.807, 2.05) is 0 Å². The van der Waals surface area contributed by atoms with Crippen LogP contribution >= 0.6 is 0 Å². The Morgan fingerprint density at radius 2 is 2.18 bits per heavy atom. The summed E-state index contributed by atoms with van der Waals surface area (Å²) in [6.45, 7) is 0. The lowest BCUT2D eigenvalue weighted by molar-refractivity contribution is 0.657. The van der Waals surface area contributed by atoms with Gasteiger partial charge in [-0.25, -0.2) is 9.78 Å². The zero-order valence-corrected chi connectivity index (χ0v) is 6.26. The average Bonchev–Trinajstić information content (AvgIpc) is 2.04. The van der Waals surface area contributed by atoms with Crippen molar-refractivity contribution in [3.8, 4) is 0 Å². The normalized spacial score (nSPS) is 16.0. The van der Waals surface area contributed by atoms with Gasteiger partial charge >= 0.3 is 5.69 Å². The molecule has 1 aliphatic rings. The summed E-state index contributed by atoms with van der Waals surface area (Å²) >= 11 is 0. The van der Waals surface area contributed by atoms with E-state index in [4.69, 9.17) is 0 Å². The van der Waals surface area contributed by atoms with E-state index in [1.165, 1.54) is 18.4 Å². The number of aryl methyl sites for hydroxylation is 2. The van der Waals surface area contributed by atoms with Crippen molar-refractivity contribution in [1.82, 2.24) is 9.97 Å². The Bertz CT molecular complexity index is 316. The van der Waals surface area contributed by atoms with Gasteiger partial charge in [0.25, 0.3) is 0 Å². The van der Waals surface area contributed by atoms with Crippen LogP contribution in [0.3, 0.4) is 0 Å². The SMILES string of the molecule is O=c1ncc2c([nH]1)CCCC2. The van der Waals surface area contributed by atoms with Gasteiger partial charge in [-0.3, -0.25) is 0 Å². The van der Waals surface area contributed by atoms with Crippen LogP contribution < -0.4 is 5.69 Å². The zero-order chi connectivity index (χ0) is 7.68. The van der Waals surface area contributed by atoms with Crippen molar-refractivity contribution in [3.05, 3.63) is 27.9 Å². The number of rotatable bonds is 0. The minimum Gasteiger partial charge on any atom is -0.310 e. The van der Waals surface area contributed by atoms with Crippen molar-refractivity contribution in [2.24, 2.45) is 0 Å². The number of hydrogen-bond acceptors (Lipinski definition) is 2. The summed E-state index contributed by atoms with van der Waals surface area (Å²) in [5.74, 6) is 0. The van der Waals surface area contributed by atoms with Gasteiger partial charge in [0.05, 0.1) is 0 Å². The average molecular weight is 150 g/mol. The molecule has 1 N–H and O–H groups in total. The molecule has 0 atom stereocenters. The summed E-state index contributed by atoms with van der Waals surface area (Å²) in [6, 6.07) is 0. The van der Waals surface area contributed by atoms with Gasteiger partial charge in [-0.2, -0.15) is 0 Å². The molecule has 0 fully saturated rings. The van der Waals surface area contributed by atoms with Crippen molar-refractivity contribution < 1.29 is 0 Å². The summed E-state index contributed by atoms with van der Waals surface area (Å²) in [4.78, 5) is 17.2. The molecule has 58 valence electrons. The lowest BCUT2D eigenvalue weighted by atomic mass is 9.98. The van der Waals surface area contributed by atoms with Crippen LogP contribution in [0, 0.1) is 0 Å². The zero-order valence-electron chi connectivity index (χ0n) is 6.26. The first-order valence-corrected chi connectivity index (χ1v) is 3.93. The largest absolute Gasteiger partial charge is 0.345 e. The molecule has 0 aromatic carbocycles. The highest BCUT2D eigenvalue weighted by Crippen LogP contribution is 2.15. The van der Waals surface area contributed by atoms with Gasteiger partial charge in [0.15, 0.2) is 0 Å². The number of fused-ring (bicyclic) bond motifs is 1. The van der Waals surface area contributed by atoms with Gasteiger partial charge in [0.2, 0.25) is 0 Å². The maximum atomic E-state index is 10.8. The van der Waals surface area contributed by atoms with Gasteiger partial charge < -0.3 is 4.98 Å². The number of aromatic nitrogens is 2. The molecule has 0 bridgehead atoms. The van der Waals surface area contributed by atoms with Crippen LogP contribution in [0.2, 0.25) is 0 Å². The van der Waals surface area contributed by atoms with Crippen molar-refractivity contribution >= 4 is 0 Å². The predicted octanol–water partition coefficient (Wildman–Crippen LogP) is 0.649. The summed E-state index contributed by atoms with van der Waals surface area (Å²) in [7, 11) is 0. The molecule has 0 aliphatic heterocycles. The lowest BCUT2D eigenvalue weighted by Gasteiger charge is -2.12. The van der Waals surface area contributed by atoms with E-state index in [2.05, 4.69) is 9.97 Å². The first-order valence-electron chi connectivity index (χ1n) is 3.93. The second kappa shape index (κ2) is 2.49. The smallest absolute Gasteiger partial charge is 0.310 e. The molecule has 11 heavy (non-hydrogen) atoms. The van der Waals surface area contributed by atoms with Gasteiger partial charge in [-0.1, -0.05) is 0 Å². The first-order chi connectivity index (χ1) is 5.36. The molecule has 1 aromatic rings. The number of nitrogens with zero attached hydrogens (tertiary/aromatic N) is 1. The molecule has 3 heteroatoms. The van der Waals surface area contributed by atoms with Gasteiger partial charge in [-0.05, 0) is 31.2 Å². The molecule has 3 nitrogen and oxygen atoms in total. The molecule has 0 unspecified atom stereocenters. The van der Waals surface area contributed by atoms with Crippen LogP contribution in [0.4, 0.5) is 0 Å². The Labute approximate surface area is 64.5 Å². The van der Waals surface area contributed by atoms with E-state index < -0.39 is 0 Å². The summed E-state index contributed by atoms with van der Waals surface area (Å²) in [5, 5.41) is 0. The van der Waals surface area contributed by atoms with Gasteiger partial charge in [0, 0.05) is 11.9 Å². The predicted molar refractivity (Wildman–Crippen MR) is 41.5 cm³/mol. The third-order valence-electron chi connectivity index (χ3n) is 2.11. The number of aromatic amines is 1. The Morgan fingerprint density at radius 1 is 1.36 bits per heavy atom. The molecule has 0 amide bonds. The second-order valence-electron chi connectivity index (χ2n) is 2.90. The van der Waals surface area contributed by atoms with E-state index in [0.717, 1.165) is 18.5 Å². The minimum atomic E-state index is -0.217. The molecule has 1 aromatic heterocycles. The summed E-state index contributed by atoms with van der Waals surface area (Å²) < 4.78 is 0. The highest BCUT2D eigenvalue weighted by molar-refractivity contribution is 5.18. The fourth-order valence-corrected chi connectivity index (χ4v) is 1.51. The minimum absolute atomic E-state index is 0.217. The monoisotopic (exact) mass is 150 g/mol. The maximum Gasteiger partial charge on any atom is 0.345 e. The molecule has 0 radical (unpaired) electrons. The number of H-pyrrole nitrogens is 1. The van der Waals surface area contributed by atoms with Gasteiger partial charge in [0.1, 0.15) is 0 Å². The van der Waals surface area contributed by atoms with Crippen LogP contribution in [0.5, 0.6) is 0 Å². The highest BCUT2D eigenvalue weighted by atomic mass is 16.1. The van der Waals surface area contributed by atoms with Crippen LogP contribution in [0.15, 0.2) is 11.0 Å². The van der Waals surface area contributed by atoms with E-state index in [-0.39, 0.29) is 5.69 Å². The van der Waals surface area contributed by atoms with E-state index in [0.29, 0.717) is 0 Å². The third-order valence-corrected chi connectivity index (χ3v) is 2.11. The fraction of sp³-hybridized carbons (Fsp3) is 0.500. The van der Waals surface area contributed by atoms with Crippen LogP contribution in [0.1, 0.15) is 24.1 Å². The molecule has 0 spiro atoms. The van der Waals surface area contributed by atoms with Crippen molar-refractivity contribution in [1.29, 1.82) is 0 Å². The maximum absolute atomic E-state index is 10.8. The topological polar surface area (TPSA) is 45.8 Å². The Hall–Kier alpha value is -1.12. The Kier molecular flexibility index (Phi) is 1.49. The Balaban J connectivity index is 2.51. The van der Waals surface area contributed by atoms with Crippen molar-refractivity contribution in [2.45, 2.75) is 25.7 Å². The second-order valence-corrected chi connectivity index (χ2v) is 2.90. The van der Waals surface area contributed by atoms with Gasteiger partial charge in [-0.15, -0.1) is 0 Å². The quantitative estimate of drug-likeness (QED) is 0.590. The van der Waals surface area contributed by atoms with Crippen LogP contribution in [0.25, 0.3) is 0 Å². The van der Waals surface area contributed by atoms with E-state index >= 15 is 0 Å². The third kappa shape index (κ3) is 1.18. The van der Waals surface area contributed by atoms with E-state index in [1.54, 1.807) is 6.20 Å². The molecule has 1 aliphatic carbocycles. The summed E-state index contributed by atoms with van der Waals surface area (Å²) in [6.07, 6.45) is 6.19. The molecular formula is C8H10N2O. The van der Waals surface area contributed by atoms with Crippen molar-refractivity contribution in [2.75, 3.05) is 0 Å². The highest BCUT2D eigenvalue weighted by Gasteiger charge is 2.08. The Morgan fingerprint density at radius 3 is 3.09 bits per heavy atom. The molecule has 0 saturated heterocycles. The summed E-state index contributed by atoms with van der Waals surface area (Å²) in [5.41, 5.74) is 2.10.